The molecule has 18 heavy (non-hydrogen) atoms. The molecule has 3 nitrogen and oxygen atoms in total. The lowest BCUT2D eigenvalue weighted by Gasteiger charge is -2.10. The van der Waals surface area contributed by atoms with E-state index in [0.717, 1.165) is 10.5 Å². The Kier molecular flexibility index (Phi) is 3.93. The molecular weight excluding hydrogens is 251 g/mol. The molecule has 0 bridgehead atoms. The minimum absolute atomic E-state index is 0.361. The van der Waals surface area contributed by atoms with Crippen LogP contribution in [0, 0.1) is 12.7 Å². The molecule has 0 aliphatic rings. The smallest absolute Gasteiger partial charge is 0.192 e. The van der Waals surface area contributed by atoms with Crippen LogP contribution in [-0.2, 0) is 0 Å². The van der Waals surface area contributed by atoms with Gasteiger partial charge in [-0.3, -0.25) is 0 Å². The number of hydrogen-bond acceptors (Lipinski definition) is 4. The maximum absolute atomic E-state index is 13.1. The predicted octanol–water partition coefficient (Wildman–Crippen LogP) is 3.13. The third kappa shape index (κ3) is 3.05. The van der Waals surface area contributed by atoms with E-state index in [1.165, 1.54) is 23.9 Å². The molecule has 1 heterocycles. The quantitative estimate of drug-likeness (QED) is 0.865. The zero-order chi connectivity index (χ0) is 13.1. The maximum atomic E-state index is 13.1. The van der Waals surface area contributed by atoms with E-state index in [9.17, 15) is 9.50 Å². The zero-order valence-corrected chi connectivity index (χ0v) is 10.9. The highest BCUT2D eigenvalue weighted by Crippen LogP contribution is 2.31. The molecule has 0 aliphatic carbocycles. The fraction of sp³-hybridized carbons (Fsp3) is 0.231. The van der Waals surface area contributed by atoms with Gasteiger partial charge < -0.3 is 5.11 Å². The van der Waals surface area contributed by atoms with Crippen molar-refractivity contribution >= 4 is 11.8 Å². The first-order valence-electron chi connectivity index (χ1n) is 5.50. The van der Waals surface area contributed by atoms with Crippen molar-refractivity contribution < 1.29 is 9.50 Å². The van der Waals surface area contributed by atoms with Gasteiger partial charge in [-0.25, -0.2) is 14.4 Å². The molecule has 0 aliphatic heterocycles. The van der Waals surface area contributed by atoms with Gasteiger partial charge in [0.1, 0.15) is 5.82 Å². The van der Waals surface area contributed by atoms with E-state index in [2.05, 4.69) is 9.97 Å². The Balaban J connectivity index is 2.31. The lowest BCUT2D eigenvalue weighted by molar-refractivity contribution is 0.196. The Morgan fingerprint density at radius 1 is 1.28 bits per heavy atom. The fourth-order valence-electron chi connectivity index (χ4n) is 1.47. The van der Waals surface area contributed by atoms with Crippen LogP contribution in [0.5, 0.6) is 0 Å². The first-order chi connectivity index (χ1) is 8.56. The van der Waals surface area contributed by atoms with Gasteiger partial charge in [-0.2, -0.15) is 0 Å². The lowest BCUT2D eigenvalue weighted by Crippen LogP contribution is -1.96. The van der Waals surface area contributed by atoms with Crippen LogP contribution in [0.4, 0.5) is 4.39 Å². The Labute approximate surface area is 109 Å². The highest BCUT2D eigenvalue weighted by molar-refractivity contribution is 7.99. The molecule has 0 amide bonds. The molecule has 0 fully saturated rings. The minimum Gasteiger partial charge on any atom is -0.389 e. The van der Waals surface area contributed by atoms with Crippen molar-refractivity contribution in [2.45, 2.75) is 30.0 Å². The van der Waals surface area contributed by atoms with Crippen molar-refractivity contribution in [3.05, 3.63) is 47.5 Å². The van der Waals surface area contributed by atoms with Crippen LogP contribution in [0.15, 0.2) is 40.6 Å². The van der Waals surface area contributed by atoms with Gasteiger partial charge >= 0.3 is 0 Å². The van der Waals surface area contributed by atoms with Gasteiger partial charge in [-0.05, 0) is 54.9 Å². The molecule has 1 atom stereocenters. The van der Waals surface area contributed by atoms with E-state index >= 15 is 0 Å². The molecule has 1 aromatic carbocycles. The minimum atomic E-state index is -0.728. The standard InChI is InChI=1S/C13H13FN2OS/c1-8-6-15-13(16-7-8)18-12-4-3-10(14)5-11(12)9(2)17/h3-7,9,17H,1-2H3. The van der Waals surface area contributed by atoms with Gasteiger partial charge in [0.05, 0.1) is 6.10 Å². The average molecular weight is 264 g/mol. The SMILES string of the molecule is Cc1cnc(Sc2ccc(F)cc2C(C)O)nc1. The van der Waals surface area contributed by atoms with Gasteiger partial charge in [-0.15, -0.1) is 0 Å². The second-order valence-corrected chi connectivity index (χ2v) is 5.01. The number of aliphatic hydroxyl groups excluding tert-OH is 1. The molecule has 0 spiro atoms. The van der Waals surface area contributed by atoms with Crippen molar-refractivity contribution in [3.8, 4) is 0 Å². The largest absolute Gasteiger partial charge is 0.389 e. The monoisotopic (exact) mass is 264 g/mol. The highest BCUT2D eigenvalue weighted by atomic mass is 32.2. The average Bonchev–Trinajstić information content (AvgIpc) is 2.34. The summed E-state index contributed by atoms with van der Waals surface area (Å²) in [5, 5.41) is 10.2. The molecule has 0 radical (unpaired) electrons. The van der Waals surface area contributed by atoms with Crippen molar-refractivity contribution in [3.63, 3.8) is 0 Å². The fourth-order valence-corrected chi connectivity index (χ4v) is 2.36. The van der Waals surface area contributed by atoms with E-state index < -0.39 is 6.10 Å². The summed E-state index contributed by atoms with van der Waals surface area (Å²) in [6.07, 6.45) is 2.72. The van der Waals surface area contributed by atoms with Crippen LogP contribution >= 0.6 is 11.8 Å². The van der Waals surface area contributed by atoms with E-state index in [1.54, 1.807) is 25.4 Å². The van der Waals surface area contributed by atoms with Gasteiger partial charge in [0, 0.05) is 17.3 Å². The van der Waals surface area contributed by atoms with E-state index in [0.29, 0.717) is 10.7 Å². The number of nitrogens with zero attached hydrogens (tertiary/aromatic N) is 2. The van der Waals surface area contributed by atoms with Crippen LogP contribution in [0.2, 0.25) is 0 Å². The number of halogens is 1. The lowest BCUT2D eigenvalue weighted by atomic mass is 10.1. The molecule has 5 heteroatoms. The molecule has 1 N–H and O–H groups in total. The van der Waals surface area contributed by atoms with Crippen molar-refractivity contribution in [2.24, 2.45) is 0 Å². The van der Waals surface area contributed by atoms with Crippen LogP contribution < -0.4 is 0 Å². The number of rotatable bonds is 3. The summed E-state index contributed by atoms with van der Waals surface area (Å²) in [6, 6.07) is 4.33. The molecule has 2 rings (SSSR count). The van der Waals surface area contributed by atoms with E-state index in [1.807, 2.05) is 6.92 Å². The summed E-state index contributed by atoms with van der Waals surface area (Å²) in [7, 11) is 0. The van der Waals surface area contributed by atoms with Crippen LogP contribution in [0.25, 0.3) is 0 Å². The van der Waals surface area contributed by atoms with Crippen LogP contribution in [0.1, 0.15) is 24.2 Å². The molecule has 94 valence electrons. The summed E-state index contributed by atoms with van der Waals surface area (Å²) >= 11 is 1.31. The summed E-state index contributed by atoms with van der Waals surface area (Å²) in [6.45, 7) is 3.52. The predicted molar refractivity (Wildman–Crippen MR) is 67.9 cm³/mol. The third-order valence-electron chi connectivity index (χ3n) is 2.38. The van der Waals surface area contributed by atoms with Gasteiger partial charge in [0.15, 0.2) is 5.16 Å². The maximum Gasteiger partial charge on any atom is 0.192 e. The second-order valence-electron chi connectivity index (χ2n) is 4.00. The molecular formula is C13H13FN2OS. The van der Waals surface area contributed by atoms with Crippen molar-refractivity contribution in [2.75, 3.05) is 0 Å². The first kappa shape index (κ1) is 13.0. The van der Waals surface area contributed by atoms with Crippen molar-refractivity contribution in [1.82, 2.24) is 9.97 Å². The van der Waals surface area contributed by atoms with Gasteiger partial charge in [-0.1, -0.05) is 0 Å². The summed E-state index contributed by atoms with van der Waals surface area (Å²) in [5.74, 6) is -0.361. The third-order valence-corrected chi connectivity index (χ3v) is 3.37. The molecule has 1 unspecified atom stereocenters. The number of aromatic nitrogens is 2. The Bertz CT molecular complexity index is 543. The topological polar surface area (TPSA) is 46.0 Å². The number of benzene rings is 1. The van der Waals surface area contributed by atoms with Crippen LogP contribution in [-0.4, -0.2) is 15.1 Å². The van der Waals surface area contributed by atoms with Gasteiger partial charge in [0.25, 0.3) is 0 Å². The van der Waals surface area contributed by atoms with Crippen LogP contribution in [0.3, 0.4) is 0 Å². The summed E-state index contributed by atoms with van der Waals surface area (Å²) in [5.41, 5.74) is 1.53. The Morgan fingerprint density at radius 2 is 1.94 bits per heavy atom. The molecule has 0 saturated heterocycles. The Morgan fingerprint density at radius 3 is 2.56 bits per heavy atom. The number of hydrogen-bond donors (Lipinski definition) is 1. The molecule has 0 saturated carbocycles. The number of aliphatic hydroxyl groups is 1. The summed E-state index contributed by atoms with van der Waals surface area (Å²) in [4.78, 5) is 9.11. The molecule has 2 aromatic rings. The van der Waals surface area contributed by atoms with E-state index in [-0.39, 0.29) is 5.82 Å². The van der Waals surface area contributed by atoms with Gasteiger partial charge in [0.2, 0.25) is 0 Å². The second kappa shape index (κ2) is 5.46. The summed E-state index contributed by atoms with van der Waals surface area (Å²) < 4.78 is 13.1. The zero-order valence-electron chi connectivity index (χ0n) is 10.1. The Hall–Kier alpha value is -1.46. The number of aryl methyl sites for hydroxylation is 1. The first-order valence-corrected chi connectivity index (χ1v) is 6.32. The normalized spacial score (nSPS) is 12.4. The van der Waals surface area contributed by atoms with Crippen molar-refractivity contribution in [1.29, 1.82) is 0 Å². The highest BCUT2D eigenvalue weighted by Gasteiger charge is 2.11. The molecule has 1 aromatic heterocycles. The van der Waals surface area contributed by atoms with E-state index in [4.69, 9.17) is 0 Å².